The molecule has 0 bridgehead atoms. The van der Waals surface area contributed by atoms with E-state index in [4.69, 9.17) is 4.74 Å². The van der Waals surface area contributed by atoms with Crippen molar-refractivity contribution in [1.82, 2.24) is 4.90 Å². The van der Waals surface area contributed by atoms with E-state index in [1.165, 1.54) is 24.0 Å². The topological polar surface area (TPSA) is 32.7 Å². The van der Waals surface area contributed by atoms with Crippen molar-refractivity contribution < 1.29 is 9.84 Å². The van der Waals surface area contributed by atoms with E-state index in [-0.39, 0.29) is 0 Å². The molecule has 0 radical (unpaired) electrons. The zero-order valence-electron chi connectivity index (χ0n) is 14.4. The predicted molar refractivity (Wildman–Crippen MR) is 98.2 cm³/mol. The lowest BCUT2D eigenvalue weighted by Gasteiger charge is -2.32. The van der Waals surface area contributed by atoms with Gasteiger partial charge in [0.1, 0.15) is 18.5 Å². The minimum absolute atomic E-state index is 0.343. The lowest BCUT2D eigenvalue weighted by molar-refractivity contribution is 0.0537. The van der Waals surface area contributed by atoms with E-state index >= 15 is 0 Å². The van der Waals surface area contributed by atoms with Crippen LogP contribution in [-0.2, 0) is 0 Å². The summed E-state index contributed by atoms with van der Waals surface area (Å²) < 4.78 is 5.75. The quantitative estimate of drug-likeness (QED) is 0.876. The van der Waals surface area contributed by atoms with Gasteiger partial charge in [-0.2, -0.15) is 0 Å². The second-order valence-corrected chi connectivity index (χ2v) is 6.86. The summed E-state index contributed by atoms with van der Waals surface area (Å²) in [6.07, 6.45) is 2.09. The molecule has 1 fully saturated rings. The molecule has 3 nitrogen and oxygen atoms in total. The van der Waals surface area contributed by atoms with Crippen LogP contribution in [-0.4, -0.2) is 42.4 Å². The van der Waals surface area contributed by atoms with Gasteiger partial charge >= 0.3 is 0 Å². The van der Waals surface area contributed by atoms with Crippen molar-refractivity contribution in [1.29, 1.82) is 0 Å². The molecule has 2 atom stereocenters. The van der Waals surface area contributed by atoms with Gasteiger partial charge < -0.3 is 14.7 Å². The fourth-order valence-electron chi connectivity index (χ4n) is 3.37. The maximum Gasteiger partial charge on any atom is 0.119 e. The van der Waals surface area contributed by atoms with E-state index in [1.807, 2.05) is 30.3 Å². The van der Waals surface area contributed by atoms with Gasteiger partial charge in [0.15, 0.2) is 0 Å². The molecule has 1 heterocycles. The Balaban J connectivity index is 1.48. The third-order valence-corrected chi connectivity index (χ3v) is 4.61. The van der Waals surface area contributed by atoms with Crippen molar-refractivity contribution in [3.05, 3.63) is 54.6 Å². The lowest BCUT2D eigenvalue weighted by atomic mass is 10.0. The van der Waals surface area contributed by atoms with Crippen LogP contribution in [0.5, 0.6) is 5.75 Å². The summed E-state index contributed by atoms with van der Waals surface area (Å²) in [6.45, 7) is 5.50. The number of rotatable bonds is 6. The molecule has 0 aliphatic carbocycles. The van der Waals surface area contributed by atoms with Crippen LogP contribution in [0.1, 0.15) is 19.8 Å². The van der Waals surface area contributed by atoms with Crippen molar-refractivity contribution in [2.24, 2.45) is 5.92 Å². The fourth-order valence-corrected chi connectivity index (χ4v) is 3.37. The Morgan fingerprint density at radius 1 is 1.08 bits per heavy atom. The van der Waals surface area contributed by atoms with Crippen molar-refractivity contribution >= 4 is 0 Å². The molecule has 3 rings (SSSR count). The van der Waals surface area contributed by atoms with Crippen molar-refractivity contribution in [2.45, 2.75) is 25.9 Å². The summed E-state index contributed by atoms with van der Waals surface area (Å²) in [7, 11) is 0. The van der Waals surface area contributed by atoms with Gasteiger partial charge in [-0.15, -0.1) is 0 Å². The molecule has 2 aromatic rings. The average Bonchev–Trinajstić information content (AvgIpc) is 2.61. The first-order valence-electron chi connectivity index (χ1n) is 8.89. The monoisotopic (exact) mass is 325 g/mol. The van der Waals surface area contributed by atoms with Crippen LogP contribution in [0, 0.1) is 5.92 Å². The molecule has 0 unspecified atom stereocenters. The molecule has 128 valence electrons. The van der Waals surface area contributed by atoms with Gasteiger partial charge in [-0.1, -0.05) is 49.4 Å². The first-order chi connectivity index (χ1) is 11.7. The molecule has 1 aliphatic rings. The molecule has 2 aromatic carbocycles. The SMILES string of the molecule is C[C@@H]1CCCN(C[C@H](O)COc2ccc(-c3ccccc3)cc2)C1. The molecule has 1 aliphatic heterocycles. The smallest absolute Gasteiger partial charge is 0.119 e. The Hall–Kier alpha value is -1.84. The first-order valence-corrected chi connectivity index (χ1v) is 8.89. The summed E-state index contributed by atoms with van der Waals surface area (Å²) in [5.41, 5.74) is 2.37. The van der Waals surface area contributed by atoms with E-state index in [0.717, 1.165) is 24.8 Å². The second kappa shape index (κ2) is 8.32. The highest BCUT2D eigenvalue weighted by molar-refractivity contribution is 5.63. The minimum atomic E-state index is -0.441. The normalized spacial score (nSPS) is 19.8. The zero-order chi connectivity index (χ0) is 16.8. The van der Waals surface area contributed by atoms with E-state index in [1.54, 1.807) is 0 Å². The number of piperidine rings is 1. The minimum Gasteiger partial charge on any atom is -0.491 e. The molecular weight excluding hydrogens is 298 g/mol. The number of likely N-dealkylation sites (tertiary alicyclic amines) is 1. The highest BCUT2D eigenvalue weighted by Crippen LogP contribution is 2.22. The van der Waals surface area contributed by atoms with Gasteiger partial charge in [0.25, 0.3) is 0 Å². The van der Waals surface area contributed by atoms with Crippen LogP contribution in [0.25, 0.3) is 11.1 Å². The zero-order valence-corrected chi connectivity index (χ0v) is 14.4. The van der Waals surface area contributed by atoms with Gasteiger partial charge in [0, 0.05) is 13.1 Å². The highest BCUT2D eigenvalue weighted by atomic mass is 16.5. The van der Waals surface area contributed by atoms with Crippen LogP contribution in [0.15, 0.2) is 54.6 Å². The molecule has 1 saturated heterocycles. The van der Waals surface area contributed by atoms with Gasteiger partial charge in [-0.3, -0.25) is 0 Å². The van der Waals surface area contributed by atoms with E-state index in [0.29, 0.717) is 13.2 Å². The van der Waals surface area contributed by atoms with E-state index in [9.17, 15) is 5.11 Å². The molecule has 0 spiro atoms. The standard InChI is InChI=1S/C21H27NO2/c1-17-6-5-13-22(14-17)15-20(23)16-24-21-11-9-19(10-12-21)18-7-3-2-4-8-18/h2-4,7-12,17,20,23H,5-6,13-16H2,1H3/t17-,20+/m1/s1. The van der Waals surface area contributed by atoms with E-state index in [2.05, 4.69) is 36.1 Å². The Labute approximate surface area is 144 Å². The number of benzene rings is 2. The summed E-state index contributed by atoms with van der Waals surface area (Å²) in [5, 5.41) is 10.2. The van der Waals surface area contributed by atoms with Gasteiger partial charge in [-0.05, 0) is 48.6 Å². The molecule has 0 saturated carbocycles. The summed E-state index contributed by atoms with van der Waals surface area (Å²) in [4.78, 5) is 2.35. The third kappa shape index (κ3) is 4.83. The fraction of sp³-hybridized carbons (Fsp3) is 0.429. The summed E-state index contributed by atoms with van der Waals surface area (Å²) in [6, 6.07) is 18.3. The molecule has 0 amide bonds. The van der Waals surface area contributed by atoms with Gasteiger partial charge in [-0.25, -0.2) is 0 Å². The predicted octanol–water partition coefficient (Wildman–Crippen LogP) is 3.83. The number of hydrogen-bond donors (Lipinski definition) is 1. The summed E-state index contributed by atoms with van der Waals surface area (Å²) >= 11 is 0. The Morgan fingerprint density at radius 2 is 1.79 bits per heavy atom. The Morgan fingerprint density at radius 3 is 2.50 bits per heavy atom. The number of aliphatic hydroxyl groups is 1. The molecule has 1 N–H and O–H groups in total. The molecular formula is C21H27NO2. The van der Waals surface area contributed by atoms with Crippen molar-refractivity contribution in [3.63, 3.8) is 0 Å². The van der Waals surface area contributed by atoms with Gasteiger partial charge in [0.05, 0.1) is 0 Å². The average molecular weight is 325 g/mol. The molecule has 0 aromatic heterocycles. The highest BCUT2D eigenvalue weighted by Gasteiger charge is 2.19. The number of hydrogen-bond acceptors (Lipinski definition) is 3. The van der Waals surface area contributed by atoms with Crippen molar-refractivity contribution in [3.8, 4) is 16.9 Å². The second-order valence-electron chi connectivity index (χ2n) is 6.86. The van der Waals surface area contributed by atoms with Crippen LogP contribution < -0.4 is 4.74 Å². The van der Waals surface area contributed by atoms with Crippen LogP contribution in [0.3, 0.4) is 0 Å². The lowest BCUT2D eigenvalue weighted by Crippen LogP contribution is -2.41. The number of nitrogens with zero attached hydrogens (tertiary/aromatic N) is 1. The van der Waals surface area contributed by atoms with Crippen LogP contribution in [0.2, 0.25) is 0 Å². The van der Waals surface area contributed by atoms with Crippen molar-refractivity contribution in [2.75, 3.05) is 26.2 Å². The number of β-amino-alcohol motifs (C(OH)–C–C–N with tert-alkyl or cyclic N) is 1. The summed E-state index contributed by atoms with van der Waals surface area (Å²) in [5.74, 6) is 1.54. The van der Waals surface area contributed by atoms with E-state index < -0.39 is 6.10 Å². The number of aliphatic hydroxyl groups excluding tert-OH is 1. The van der Waals surface area contributed by atoms with Gasteiger partial charge in [0.2, 0.25) is 0 Å². The maximum absolute atomic E-state index is 10.2. The van der Waals surface area contributed by atoms with Crippen LogP contribution >= 0.6 is 0 Å². The van der Waals surface area contributed by atoms with Crippen LogP contribution in [0.4, 0.5) is 0 Å². The largest absolute Gasteiger partial charge is 0.491 e. The maximum atomic E-state index is 10.2. The third-order valence-electron chi connectivity index (χ3n) is 4.61. The first kappa shape index (κ1) is 17.0. The molecule has 24 heavy (non-hydrogen) atoms. The Bertz CT molecular complexity index is 611. The number of ether oxygens (including phenoxy) is 1. The molecule has 3 heteroatoms. The Kier molecular flexibility index (Phi) is 5.89.